The molecule has 2 N–H and O–H groups in total. The lowest BCUT2D eigenvalue weighted by molar-refractivity contribution is -0.137. The first-order valence-corrected chi connectivity index (χ1v) is 7.05. The molecular weight excluding hydrogens is 285 g/mol. The van der Waals surface area contributed by atoms with Crippen molar-refractivity contribution in [2.45, 2.75) is 36.6 Å². The van der Waals surface area contributed by atoms with E-state index in [4.69, 9.17) is 5.11 Å². The largest absolute Gasteiger partial charge is 0.402 e. The molecule has 2 rings (SSSR count). The highest BCUT2D eigenvalue weighted by Gasteiger charge is 2.44. The zero-order chi connectivity index (χ0) is 14.3. The van der Waals surface area contributed by atoms with Crippen LogP contribution in [0, 0.1) is 0 Å². The molecule has 0 aromatic carbocycles. The number of aromatic nitrogens is 1. The molecule has 1 saturated carbocycles. The van der Waals surface area contributed by atoms with Gasteiger partial charge in [-0.05, 0) is 18.9 Å². The summed E-state index contributed by atoms with van der Waals surface area (Å²) in [6.07, 6.45) is -2.61. The molecule has 0 atom stereocenters. The number of alkyl halides is 3. The summed E-state index contributed by atoms with van der Waals surface area (Å²) in [5, 5.41) is 8.84. The Bertz CT molecular complexity index is 549. The second-order valence-corrected chi connectivity index (χ2v) is 6.31. The van der Waals surface area contributed by atoms with Gasteiger partial charge in [-0.15, -0.1) is 0 Å². The standard InChI is InChI=1S/C10H13F3N2O3S/c11-10(12,13)6-15(8-1-2-8)19(17,18)9-3-7(5-16)14-4-9/h3-4,8,14,16H,1-2,5-6H2. The molecule has 1 aromatic heterocycles. The van der Waals surface area contributed by atoms with Gasteiger partial charge >= 0.3 is 6.18 Å². The van der Waals surface area contributed by atoms with Gasteiger partial charge in [-0.3, -0.25) is 0 Å². The average Bonchev–Trinajstić information content (AvgIpc) is 3.00. The van der Waals surface area contributed by atoms with Crippen LogP contribution in [0.1, 0.15) is 18.5 Å². The number of H-pyrrole nitrogens is 1. The van der Waals surface area contributed by atoms with Crippen molar-refractivity contribution in [1.82, 2.24) is 9.29 Å². The van der Waals surface area contributed by atoms with Gasteiger partial charge in [-0.25, -0.2) is 8.42 Å². The van der Waals surface area contributed by atoms with E-state index in [1.165, 1.54) is 0 Å². The van der Waals surface area contributed by atoms with Gasteiger partial charge in [0.15, 0.2) is 0 Å². The Kier molecular flexibility index (Phi) is 3.63. The molecule has 1 heterocycles. The summed E-state index contributed by atoms with van der Waals surface area (Å²) in [6.45, 7) is -1.89. The topological polar surface area (TPSA) is 73.4 Å². The lowest BCUT2D eigenvalue weighted by Gasteiger charge is -2.22. The Balaban J connectivity index is 2.29. The summed E-state index contributed by atoms with van der Waals surface area (Å²) >= 11 is 0. The molecule has 9 heteroatoms. The molecule has 0 radical (unpaired) electrons. The Morgan fingerprint density at radius 3 is 2.47 bits per heavy atom. The minimum absolute atomic E-state index is 0.237. The van der Waals surface area contributed by atoms with Crippen LogP contribution < -0.4 is 0 Å². The number of sulfonamides is 1. The summed E-state index contributed by atoms with van der Waals surface area (Å²) in [4.78, 5) is 2.24. The van der Waals surface area contributed by atoms with E-state index in [-0.39, 0.29) is 10.6 Å². The van der Waals surface area contributed by atoms with Gasteiger partial charge in [0.2, 0.25) is 10.0 Å². The fourth-order valence-electron chi connectivity index (χ4n) is 1.74. The maximum atomic E-state index is 12.5. The zero-order valence-electron chi connectivity index (χ0n) is 9.81. The molecule has 5 nitrogen and oxygen atoms in total. The van der Waals surface area contributed by atoms with Crippen molar-refractivity contribution in [3.63, 3.8) is 0 Å². The summed E-state index contributed by atoms with van der Waals surface area (Å²) in [5.41, 5.74) is 0.237. The van der Waals surface area contributed by atoms with Crippen molar-refractivity contribution in [2.24, 2.45) is 0 Å². The summed E-state index contributed by atoms with van der Waals surface area (Å²) in [6, 6.07) is 0.556. The van der Waals surface area contributed by atoms with Crippen LogP contribution in [0.25, 0.3) is 0 Å². The molecule has 0 spiro atoms. The van der Waals surface area contributed by atoms with Crippen LogP contribution in [0.2, 0.25) is 0 Å². The fraction of sp³-hybridized carbons (Fsp3) is 0.600. The molecule has 1 aromatic rings. The summed E-state index contributed by atoms with van der Waals surface area (Å²) < 4.78 is 62.1. The van der Waals surface area contributed by atoms with Crippen LogP contribution in [-0.4, -0.2) is 41.6 Å². The van der Waals surface area contributed by atoms with E-state index < -0.39 is 35.4 Å². The molecule has 0 unspecified atom stereocenters. The SMILES string of the molecule is O=S(=O)(c1c[nH]c(CO)c1)N(CC(F)(F)F)C1CC1. The average molecular weight is 298 g/mol. The smallest absolute Gasteiger partial charge is 0.390 e. The monoisotopic (exact) mass is 298 g/mol. The predicted octanol–water partition coefficient (Wildman–Crippen LogP) is 1.22. The van der Waals surface area contributed by atoms with E-state index in [1.54, 1.807) is 0 Å². The molecule has 1 aliphatic carbocycles. The first-order valence-electron chi connectivity index (χ1n) is 5.61. The first kappa shape index (κ1) is 14.4. The van der Waals surface area contributed by atoms with E-state index in [0.29, 0.717) is 17.1 Å². The molecular formula is C10H13F3N2O3S. The van der Waals surface area contributed by atoms with Gasteiger partial charge < -0.3 is 10.1 Å². The van der Waals surface area contributed by atoms with Gasteiger partial charge in [0, 0.05) is 17.9 Å². The number of rotatable bonds is 5. The molecule has 19 heavy (non-hydrogen) atoms. The van der Waals surface area contributed by atoms with E-state index in [9.17, 15) is 21.6 Å². The highest BCUT2D eigenvalue weighted by atomic mass is 32.2. The molecule has 0 amide bonds. The first-order chi connectivity index (χ1) is 8.74. The van der Waals surface area contributed by atoms with Crippen LogP contribution >= 0.6 is 0 Å². The molecule has 0 bridgehead atoms. The quantitative estimate of drug-likeness (QED) is 0.858. The molecule has 1 aliphatic rings. The molecule has 1 fully saturated rings. The third-order valence-electron chi connectivity index (χ3n) is 2.78. The van der Waals surface area contributed by atoms with Gasteiger partial charge in [0.25, 0.3) is 0 Å². The molecule has 0 aliphatic heterocycles. The third-order valence-corrected chi connectivity index (χ3v) is 4.66. The van der Waals surface area contributed by atoms with Gasteiger partial charge in [-0.1, -0.05) is 0 Å². The van der Waals surface area contributed by atoms with Crippen LogP contribution in [0.5, 0.6) is 0 Å². The second kappa shape index (κ2) is 4.80. The Labute approximate surface area is 108 Å². The number of hydrogen-bond donors (Lipinski definition) is 2. The number of aromatic amines is 1. The van der Waals surface area contributed by atoms with Crippen LogP contribution in [0.3, 0.4) is 0 Å². The number of aliphatic hydroxyl groups excluding tert-OH is 1. The molecule has 108 valence electrons. The van der Waals surface area contributed by atoms with Gasteiger partial charge in [0.1, 0.15) is 6.54 Å². The van der Waals surface area contributed by atoms with E-state index in [2.05, 4.69) is 4.98 Å². The van der Waals surface area contributed by atoms with Crippen molar-refractivity contribution in [2.75, 3.05) is 6.54 Å². The van der Waals surface area contributed by atoms with Crippen LogP contribution in [0.4, 0.5) is 13.2 Å². The number of nitrogens with zero attached hydrogens (tertiary/aromatic N) is 1. The highest BCUT2D eigenvalue weighted by molar-refractivity contribution is 7.89. The van der Waals surface area contributed by atoms with Crippen molar-refractivity contribution in [3.05, 3.63) is 18.0 Å². The maximum absolute atomic E-state index is 12.5. The summed E-state index contributed by atoms with van der Waals surface area (Å²) in [7, 11) is -4.19. The van der Waals surface area contributed by atoms with Crippen LogP contribution in [-0.2, 0) is 16.6 Å². The Morgan fingerprint density at radius 1 is 1.42 bits per heavy atom. The number of hydrogen-bond acceptors (Lipinski definition) is 3. The van der Waals surface area contributed by atoms with Crippen molar-refractivity contribution < 1.29 is 26.7 Å². The van der Waals surface area contributed by atoms with E-state index in [1.807, 2.05) is 0 Å². The van der Waals surface area contributed by atoms with E-state index in [0.717, 1.165) is 12.3 Å². The lowest BCUT2D eigenvalue weighted by Crippen LogP contribution is -2.40. The maximum Gasteiger partial charge on any atom is 0.402 e. The van der Waals surface area contributed by atoms with Gasteiger partial charge in [0.05, 0.1) is 11.5 Å². The minimum Gasteiger partial charge on any atom is -0.390 e. The second-order valence-electron chi connectivity index (χ2n) is 4.42. The van der Waals surface area contributed by atoms with Crippen molar-refractivity contribution in [1.29, 1.82) is 0 Å². The molecule has 0 saturated heterocycles. The Morgan fingerprint density at radius 2 is 2.05 bits per heavy atom. The summed E-state index contributed by atoms with van der Waals surface area (Å²) in [5.74, 6) is 0. The minimum atomic E-state index is -4.58. The number of nitrogens with one attached hydrogen (secondary N) is 1. The fourth-order valence-corrected chi connectivity index (χ4v) is 3.43. The van der Waals surface area contributed by atoms with Crippen molar-refractivity contribution >= 4 is 10.0 Å². The van der Waals surface area contributed by atoms with Gasteiger partial charge in [-0.2, -0.15) is 17.5 Å². The number of halogens is 3. The van der Waals surface area contributed by atoms with Crippen LogP contribution in [0.15, 0.2) is 17.2 Å². The number of aliphatic hydroxyl groups is 1. The van der Waals surface area contributed by atoms with Crippen molar-refractivity contribution in [3.8, 4) is 0 Å². The predicted molar refractivity (Wildman–Crippen MR) is 59.7 cm³/mol. The third kappa shape index (κ3) is 3.28. The normalized spacial score (nSPS) is 17.1. The van der Waals surface area contributed by atoms with E-state index >= 15 is 0 Å². The highest BCUT2D eigenvalue weighted by Crippen LogP contribution is 2.34. The zero-order valence-corrected chi connectivity index (χ0v) is 10.6. The lowest BCUT2D eigenvalue weighted by atomic mass is 10.5. The Hall–Kier alpha value is -1.06.